The summed E-state index contributed by atoms with van der Waals surface area (Å²) in [7, 11) is 0. The predicted octanol–water partition coefficient (Wildman–Crippen LogP) is 3.88. The number of anilines is 1. The molecule has 0 saturated carbocycles. The molecule has 12 heteroatoms. The molecule has 1 heterocycles. The third-order valence-electron chi connectivity index (χ3n) is 6.03. The van der Waals surface area contributed by atoms with Gasteiger partial charge in [0.15, 0.2) is 29.6 Å². The Morgan fingerprint density at radius 2 is 1.79 bits per heavy atom. The van der Waals surface area contributed by atoms with Crippen molar-refractivity contribution in [2.24, 2.45) is 11.0 Å². The van der Waals surface area contributed by atoms with Crippen molar-refractivity contribution in [2.75, 3.05) is 25.3 Å². The topological polar surface area (TPSA) is 137 Å². The van der Waals surface area contributed by atoms with Crippen LogP contribution < -0.4 is 35.0 Å². The fraction of sp³-hybridized carbons (Fsp3) is 0.267. The monoisotopic (exact) mass is 578 g/mol. The Labute approximate surface area is 242 Å². The zero-order valence-electron chi connectivity index (χ0n) is 23.3. The first kappa shape index (κ1) is 29.8. The lowest BCUT2D eigenvalue weighted by atomic mass is 10.0. The number of amides is 3. The van der Waals surface area contributed by atoms with Gasteiger partial charge in [-0.05, 0) is 66.9 Å². The molecule has 3 amide bonds. The Kier molecular flexibility index (Phi) is 9.93. The lowest BCUT2D eigenvalue weighted by Crippen LogP contribution is -2.48. The number of rotatable bonds is 12. The Morgan fingerprint density at radius 3 is 2.55 bits per heavy atom. The lowest BCUT2D eigenvalue weighted by Gasteiger charge is -2.20. The maximum absolute atomic E-state index is 13.8. The van der Waals surface area contributed by atoms with E-state index in [-0.39, 0.29) is 25.0 Å². The van der Waals surface area contributed by atoms with E-state index in [0.717, 1.165) is 0 Å². The molecule has 3 aromatic rings. The summed E-state index contributed by atoms with van der Waals surface area (Å²) in [5.74, 6) is -0.593. The Morgan fingerprint density at radius 1 is 1.00 bits per heavy atom. The summed E-state index contributed by atoms with van der Waals surface area (Å²) in [6.45, 7) is 5.45. The molecule has 3 N–H and O–H groups in total. The van der Waals surface area contributed by atoms with Gasteiger partial charge in [-0.25, -0.2) is 9.82 Å². The van der Waals surface area contributed by atoms with Crippen LogP contribution in [0, 0.1) is 11.7 Å². The molecule has 4 rings (SSSR count). The molecule has 1 aliphatic rings. The van der Waals surface area contributed by atoms with Gasteiger partial charge in [-0.15, -0.1) is 0 Å². The summed E-state index contributed by atoms with van der Waals surface area (Å²) in [6.07, 6.45) is 1.41. The first-order valence-corrected chi connectivity index (χ1v) is 13.2. The third-order valence-corrected chi connectivity index (χ3v) is 6.03. The van der Waals surface area contributed by atoms with E-state index in [2.05, 4.69) is 21.2 Å². The highest BCUT2D eigenvalue weighted by Crippen LogP contribution is 2.32. The second kappa shape index (κ2) is 14.0. The number of ether oxygens (including phenoxy) is 4. The van der Waals surface area contributed by atoms with Crippen molar-refractivity contribution in [1.29, 1.82) is 0 Å². The van der Waals surface area contributed by atoms with Crippen LogP contribution in [0.25, 0.3) is 0 Å². The zero-order valence-corrected chi connectivity index (χ0v) is 23.3. The minimum Gasteiger partial charge on any atom is -0.490 e. The maximum Gasteiger partial charge on any atom is 0.262 e. The van der Waals surface area contributed by atoms with Crippen LogP contribution in [0.5, 0.6) is 23.0 Å². The van der Waals surface area contributed by atoms with Crippen LogP contribution in [-0.2, 0) is 9.59 Å². The molecule has 0 fully saturated rings. The second-order valence-corrected chi connectivity index (χ2v) is 9.45. The van der Waals surface area contributed by atoms with E-state index in [9.17, 15) is 18.8 Å². The smallest absolute Gasteiger partial charge is 0.262 e. The molecule has 3 aromatic carbocycles. The molecular weight excluding hydrogens is 547 g/mol. The Balaban J connectivity index is 1.34. The number of hydrogen-bond donors (Lipinski definition) is 3. The van der Waals surface area contributed by atoms with E-state index in [1.54, 1.807) is 63.2 Å². The summed E-state index contributed by atoms with van der Waals surface area (Å²) in [5.41, 5.74) is 3.42. The lowest BCUT2D eigenvalue weighted by molar-refractivity contribution is -0.124. The van der Waals surface area contributed by atoms with Crippen molar-refractivity contribution in [3.8, 4) is 23.0 Å². The van der Waals surface area contributed by atoms with Gasteiger partial charge >= 0.3 is 0 Å². The van der Waals surface area contributed by atoms with Gasteiger partial charge < -0.3 is 29.6 Å². The van der Waals surface area contributed by atoms with E-state index in [1.807, 2.05) is 0 Å². The van der Waals surface area contributed by atoms with Gasteiger partial charge in [-0.1, -0.05) is 26.0 Å². The average molecular weight is 579 g/mol. The van der Waals surface area contributed by atoms with Gasteiger partial charge in [0, 0.05) is 5.56 Å². The first-order valence-electron chi connectivity index (χ1n) is 13.2. The number of halogens is 1. The zero-order chi connectivity index (χ0) is 30.1. The molecule has 0 bridgehead atoms. The summed E-state index contributed by atoms with van der Waals surface area (Å²) < 4.78 is 35.6. The molecule has 1 aliphatic heterocycles. The number of carbonyl (C=O) groups excluding carboxylic acids is 3. The van der Waals surface area contributed by atoms with Gasteiger partial charge in [0.05, 0.1) is 18.5 Å². The van der Waals surface area contributed by atoms with Crippen LogP contribution in [0.3, 0.4) is 0 Å². The van der Waals surface area contributed by atoms with E-state index in [1.165, 1.54) is 24.4 Å². The molecule has 11 nitrogen and oxygen atoms in total. The fourth-order valence-corrected chi connectivity index (χ4v) is 3.92. The van der Waals surface area contributed by atoms with Gasteiger partial charge in [-0.3, -0.25) is 14.4 Å². The largest absolute Gasteiger partial charge is 0.490 e. The van der Waals surface area contributed by atoms with E-state index in [0.29, 0.717) is 40.7 Å². The van der Waals surface area contributed by atoms with Crippen LogP contribution in [-0.4, -0.2) is 50.0 Å². The van der Waals surface area contributed by atoms with Crippen LogP contribution >= 0.6 is 0 Å². The molecule has 0 radical (unpaired) electrons. The summed E-state index contributed by atoms with van der Waals surface area (Å²) in [5, 5.41) is 9.21. The summed E-state index contributed by atoms with van der Waals surface area (Å²) in [4.78, 5) is 37.9. The van der Waals surface area contributed by atoms with Crippen LogP contribution in [0.1, 0.15) is 36.7 Å². The highest BCUT2D eigenvalue weighted by atomic mass is 19.1. The molecule has 0 saturated heterocycles. The number of hydrogen-bond acceptors (Lipinski definition) is 8. The van der Waals surface area contributed by atoms with Crippen molar-refractivity contribution >= 4 is 29.6 Å². The number of benzene rings is 3. The van der Waals surface area contributed by atoms with Crippen molar-refractivity contribution in [1.82, 2.24) is 10.7 Å². The molecule has 0 aromatic heterocycles. The number of para-hydroxylation sites is 1. The standard InChI is InChI=1S/C30H31FN4O7/c1-4-39-25-13-19(9-11-23(25)40-16-27(36)33-22-8-6-5-7-21(22)31)15-32-35-30(38)28(18(2)3)34-29(37)20-10-12-24-26(14-20)42-17-41-24/h5-15,18,28H,4,16-17H2,1-3H3,(H,33,36)(H,34,37)(H,35,38). The molecule has 0 aliphatic carbocycles. The van der Waals surface area contributed by atoms with E-state index >= 15 is 0 Å². The molecule has 1 atom stereocenters. The number of carbonyl (C=O) groups is 3. The van der Waals surface area contributed by atoms with E-state index in [4.69, 9.17) is 18.9 Å². The third kappa shape index (κ3) is 7.74. The average Bonchev–Trinajstić information content (AvgIpc) is 3.44. The van der Waals surface area contributed by atoms with Crippen molar-refractivity contribution in [3.63, 3.8) is 0 Å². The highest BCUT2D eigenvalue weighted by Gasteiger charge is 2.25. The summed E-state index contributed by atoms with van der Waals surface area (Å²) in [6, 6.07) is 14.6. The number of nitrogens with zero attached hydrogens (tertiary/aromatic N) is 1. The van der Waals surface area contributed by atoms with Crippen molar-refractivity contribution < 1.29 is 37.7 Å². The normalized spacial score (nSPS) is 12.6. The predicted molar refractivity (Wildman–Crippen MR) is 153 cm³/mol. The number of fused-ring (bicyclic) bond motifs is 1. The van der Waals surface area contributed by atoms with Crippen molar-refractivity contribution in [3.05, 3.63) is 77.6 Å². The Hall–Kier alpha value is -5.13. The highest BCUT2D eigenvalue weighted by molar-refractivity contribution is 5.98. The van der Waals surface area contributed by atoms with E-state index < -0.39 is 29.6 Å². The number of nitrogens with one attached hydrogen (secondary N) is 3. The molecule has 1 unspecified atom stereocenters. The van der Waals surface area contributed by atoms with Gasteiger partial charge in [0.25, 0.3) is 17.7 Å². The van der Waals surface area contributed by atoms with Gasteiger partial charge in [0.2, 0.25) is 6.79 Å². The molecular formula is C30H31FN4O7. The minimum atomic E-state index is -0.856. The fourth-order valence-electron chi connectivity index (χ4n) is 3.92. The SMILES string of the molecule is CCOc1cc(C=NNC(=O)C(NC(=O)c2ccc3c(c2)OCO3)C(C)C)ccc1OCC(=O)Nc1ccccc1F. The maximum atomic E-state index is 13.8. The summed E-state index contributed by atoms with van der Waals surface area (Å²) >= 11 is 0. The molecule has 220 valence electrons. The minimum absolute atomic E-state index is 0.0527. The first-order chi connectivity index (χ1) is 20.2. The number of hydrazone groups is 1. The quantitative estimate of drug-likeness (QED) is 0.219. The Bertz CT molecular complexity index is 1480. The van der Waals surface area contributed by atoms with Crippen LogP contribution in [0.2, 0.25) is 0 Å². The van der Waals surface area contributed by atoms with Gasteiger partial charge in [-0.2, -0.15) is 5.10 Å². The second-order valence-electron chi connectivity index (χ2n) is 9.45. The molecule has 0 spiro atoms. The van der Waals surface area contributed by atoms with Crippen LogP contribution in [0.15, 0.2) is 65.8 Å². The van der Waals surface area contributed by atoms with Crippen LogP contribution in [0.4, 0.5) is 10.1 Å². The molecule has 42 heavy (non-hydrogen) atoms. The van der Waals surface area contributed by atoms with Gasteiger partial charge in [0.1, 0.15) is 11.9 Å². The van der Waals surface area contributed by atoms with Crippen molar-refractivity contribution in [2.45, 2.75) is 26.8 Å².